The van der Waals surface area contributed by atoms with Crippen LogP contribution in [-0.2, 0) is 4.79 Å². The minimum absolute atomic E-state index is 0.201. The average Bonchev–Trinajstić information content (AvgIpc) is 3.15. The number of carbonyl (C=O) groups excluding carboxylic acids is 1. The highest BCUT2D eigenvalue weighted by atomic mass is 35.5. The van der Waals surface area contributed by atoms with E-state index in [1.807, 2.05) is 42.6 Å². The lowest BCUT2D eigenvalue weighted by atomic mass is 10.2. The predicted molar refractivity (Wildman–Crippen MR) is 97.9 cm³/mol. The zero-order chi connectivity index (χ0) is 17.1. The van der Waals surface area contributed by atoms with E-state index in [2.05, 4.69) is 15.4 Å². The molecule has 122 valence electrons. The number of hydrogen-bond acceptors (Lipinski definition) is 4. The van der Waals surface area contributed by atoms with E-state index in [0.717, 1.165) is 17.0 Å². The maximum absolute atomic E-state index is 11.8. The van der Waals surface area contributed by atoms with Crippen LogP contribution in [0.4, 0.5) is 5.82 Å². The third kappa shape index (κ3) is 3.55. The Kier molecular flexibility index (Phi) is 4.78. The van der Waals surface area contributed by atoms with Crippen molar-refractivity contribution in [1.29, 1.82) is 0 Å². The quantitative estimate of drug-likeness (QED) is 0.700. The molecule has 0 spiro atoms. The molecule has 1 amide bonds. The molecule has 2 aromatic heterocycles. The Morgan fingerprint density at radius 1 is 1.33 bits per heavy atom. The van der Waals surface area contributed by atoms with Crippen molar-refractivity contribution in [2.24, 2.45) is 0 Å². The maximum atomic E-state index is 11.8. The second-order valence-corrected chi connectivity index (χ2v) is 6.37. The van der Waals surface area contributed by atoms with Crippen molar-refractivity contribution in [3.8, 4) is 16.4 Å². The van der Waals surface area contributed by atoms with Gasteiger partial charge in [-0.25, -0.2) is 4.98 Å². The third-order valence-corrected chi connectivity index (χ3v) is 4.28. The van der Waals surface area contributed by atoms with Gasteiger partial charge in [0.1, 0.15) is 5.82 Å². The van der Waals surface area contributed by atoms with Crippen LogP contribution >= 0.6 is 22.9 Å². The first-order chi connectivity index (χ1) is 11.6. The number of halogens is 1. The molecule has 2 heterocycles. The SMILES string of the molecule is C/C=C\C(=O)Nc1cc(C)nn1-c1nc(-c2ccc(Cl)cc2)cs1. The van der Waals surface area contributed by atoms with Gasteiger partial charge in [-0.3, -0.25) is 4.79 Å². The Labute approximate surface area is 148 Å². The molecule has 0 unspecified atom stereocenters. The molecule has 5 nitrogen and oxygen atoms in total. The number of nitrogens with one attached hydrogen (secondary N) is 1. The van der Waals surface area contributed by atoms with Gasteiger partial charge in [-0.2, -0.15) is 9.78 Å². The van der Waals surface area contributed by atoms with Crippen LogP contribution in [0.15, 0.2) is 47.9 Å². The van der Waals surface area contributed by atoms with Crippen LogP contribution in [0.3, 0.4) is 0 Å². The molecule has 1 aromatic carbocycles. The summed E-state index contributed by atoms with van der Waals surface area (Å²) in [6.45, 7) is 3.66. The number of benzene rings is 1. The van der Waals surface area contributed by atoms with Crippen LogP contribution in [0.1, 0.15) is 12.6 Å². The molecule has 0 aliphatic carbocycles. The van der Waals surface area contributed by atoms with E-state index in [9.17, 15) is 4.79 Å². The van der Waals surface area contributed by atoms with E-state index in [-0.39, 0.29) is 5.91 Å². The molecule has 7 heteroatoms. The smallest absolute Gasteiger partial charge is 0.249 e. The summed E-state index contributed by atoms with van der Waals surface area (Å²) in [6.07, 6.45) is 3.15. The van der Waals surface area contributed by atoms with E-state index >= 15 is 0 Å². The highest BCUT2D eigenvalue weighted by molar-refractivity contribution is 7.12. The van der Waals surface area contributed by atoms with Crippen LogP contribution in [0.25, 0.3) is 16.4 Å². The van der Waals surface area contributed by atoms with Crippen LogP contribution < -0.4 is 5.32 Å². The summed E-state index contributed by atoms with van der Waals surface area (Å²) in [5, 5.41) is 10.6. The third-order valence-electron chi connectivity index (χ3n) is 3.21. The predicted octanol–water partition coefficient (Wildman–Crippen LogP) is 4.47. The molecule has 0 saturated carbocycles. The van der Waals surface area contributed by atoms with E-state index in [1.165, 1.54) is 17.4 Å². The number of anilines is 1. The van der Waals surface area contributed by atoms with Gasteiger partial charge in [0.2, 0.25) is 11.0 Å². The zero-order valence-electron chi connectivity index (χ0n) is 13.2. The molecule has 0 aliphatic rings. The lowest BCUT2D eigenvalue weighted by Gasteiger charge is -2.04. The van der Waals surface area contributed by atoms with Crippen molar-refractivity contribution >= 4 is 34.7 Å². The topological polar surface area (TPSA) is 59.8 Å². The molecule has 3 rings (SSSR count). The highest BCUT2D eigenvalue weighted by Crippen LogP contribution is 2.27. The van der Waals surface area contributed by atoms with Gasteiger partial charge in [0.05, 0.1) is 11.4 Å². The van der Waals surface area contributed by atoms with E-state index in [1.54, 1.807) is 17.7 Å². The molecule has 0 atom stereocenters. The molecule has 24 heavy (non-hydrogen) atoms. The summed E-state index contributed by atoms with van der Waals surface area (Å²) in [5.41, 5.74) is 2.62. The van der Waals surface area contributed by atoms with E-state index in [0.29, 0.717) is 16.0 Å². The van der Waals surface area contributed by atoms with Crippen molar-refractivity contribution in [2.45, 2.75) is 13.8 Å². The monoisotopic (exact) mass is 358 g/mol. The van der Waals surface area contributed by atoms with Crippen molar-refractivity contribution in [2.75, 3.05) is 5.32 Å². The first-order valence-electron chi connectivity index (χ1n) is 7.29. The number of carbonyl (C=O) groups is 1. The van der Waals surface area contributed by atoms with Crippen LogP contribution in [0, 0.1) is 6.92 Å². The second-order valence-electron chi connectivity index (χ2n) is 5.09. The number of amides is 1. The van der Waals surface area contributed by atoms with E-state index < -0.39 is 0 Å². The summed E-state index contributed by atoms with van der Waals surface area (Å²) in [5.74, 6) is 0.390. The lowest BCUT2D eigenvalue weighted by Crippen LogP contribution is -2.12. The van der Waals surface area contributed by atoms with Gasteiger partial charge in [0, 0.05) is 22.0 Å². The molecule has 1 N–H and O–H groups in total. The van der Waals surface area contributed by atoms with Crippen molar-refractivity contribution < 1.29 is 4.79 Å². The molecule has 0 aliphatic heterocycles. The van der Waals surface area contributed by atoms with Crippen molar-refractivity contribution in [3.63, 3.8) is 0 Å². The van der Waals surface area contributed by atoms with E-state index in [4.69, 9.17) is 11.6 Å². The summed E-state index contributed by atoms with van der Waals surface area (Å²) >= 11 is 7.38. The summed E-state index contributed by atoms with van der Waals surface area (Å²) in [6, 6.07) is 9.31. The summed E-state index contributed by atoms with van der Waals surface area (Å²) < 4.78 is 1.64. The Balaban J connectivity index is 1.92. The molecule has 3 aromatic rings. The Bertz CT molecular complexity index is 896. The minimum atomic E-state index is -0.201. The van der Waals surface area contributed by atoms with Gasteiger partial charge >= 0.3 is 0 Å². The zero-order valence-corrected chi connectivity index (χ0v) is 14.7. The van der Waals surface area contributed by atoms with Gasteiger partial charge in [0.15, 0.2) is 0 Å². The fourth-order valence-electron chi connectivity index (χ4n) is 2.17. The molecular weight excluding hydrogens is 344 g/mol. The van der Waals surface area contributed by atoms with Gasteiger partial charge in [0.25, 0.3) is 0 Å². The highest BCUT2D eigenvalue weighted by Gasteiger charge is 2.13. The Morgan fingerprint density at radius 2 is 2.08 bits per heavy atom. The number of allylic oxidation sites excluding steroid dienone is 1. The molecule has 0 saturated heterocycles. The van der Waals surface area contributed by atoms with Crippen molar-refractivity contribution in [1.82, 2.24) is 14.8 Å². The standard InChI is InChI=1S/C17H15ClN4OS/c1-3-4-16(23)20-15-9-11(2)21-22(15)17-19-14(10-24-17)12-5-7-13(18)8-6-12/h3-10H,1-2H3,(H,20,23)/b4-3-. The van der Waals surface area contributed by atoms with Gasteiger partial charge in [-0.05, 0) is 32.1 Å². The molecular formula is C17H15ClN4OS. The first kappa shape index (κ1) is 16.4. The van der Waals surface area contributed by atoms with Crippen LogP contribution in [-0.4, -0.2) is 20.7 Å². The van der Waals surface area contributed by atoms with Crippen molar-refractivity contribution in [3.05, 3.63) is 58.6 Å². The van der Waals surface area contributed by atoms with Gasteiger partial charge < -0.3 is 5.32 Å². The van der Waals surface area contributed by atoms with Gasteiger partial charge in [-0.15, -0.1) is 11.3 Å². The fraction of sp³-hybridized carbons (Fsp3) is 0.118. The number of hydrogen-bond donors (Lipinski definition) is 1. The minimum Gasteiger partial charge on any atom is -0.307 e. The number of nitrogens with zero attached hydrogens (tertiary/aromatic N) is 3. The lowest BCUT2D eigenvalue weighted by molar-refractivity contribution is -0.111. The summed E-state index contributed by atoms with van der Waals surface area (Å²) in [7, 11) is 0. The molecule has 0 bridgehead atoms. The molecule has 0 fully saturated rings. The normalized spacial score (nSPS) is 11.1. The Morgan fingerprint density at radius 3 is 2.79 bits per heavy atom. The molecule has 0 radical (unpaired) electrons. The average molecular weight is 359 g/mol. The fourth-order valence-corrected chi connectivity index (χ4v) is 3.09. The number of rotatable bonds is 4. The number of aromatic nitrogens is 3. The summed E-state index contributed by atoms with van der Waals surface area (Å²) in [4.78, 5) is 16.4. The second kappa shape index (κ2) is 6.98. The number of aryl methyl sites for hydroxylation is 1. The first-order valence-corrected chi connectivity index (χ1v) is 8.55. The number of thiazole rings is 1. The van der Waals surface area contributed by atoms with Gasteiger partial charge in [-0.1, -0.05) is 29.8 Å². The largest absolute Gasteiger partial charge is 0.307 e. The van der Waals surface area contributed by atoms with Crippen LogP contribution in [0.5, 0.6) is 0 Å². The maximum Gasteiger partial charge on any atom is 0.249 e. The Hall–Kier alpha value is -2.44. The van der Waals surface area contributed by atoms with Crippen LogP contribution in [0.2, 0.25) is 5.02 Å².